The highest BCUT2D eigenvalue weighted by Crippen LogP contribution is 2.49. The molecule has 0 spiro atoms. The maximum Gasteiger partial charge on any atom is 0.432 e. The van der Waals surface area contributed by atoms with E-state index in [0.717, 1.165) is 6.42 Å². The molecule has 0 N–H and O–H groups in total. The molecule has 0 fully saturated rings. The molecule has 0 aromatic heterocycles. The third-order valence-electron chi connectivity index (χ3n) is 2.04. The summed E-state index contributed by atoms with van der Waals surface area (Å²) in [5.41, 5.74) is 0. The first-order chi connectivity index (χ1) is 8.06. The van der Waals surface area contributed by atoms with Gasteiger partial charge in [0.05, 0.1) is 6.16 Å². The lowest BCUT2D eigenvalue weighted by molar-refractivity contribution is -0.132. The fraction of sp³-hybridized carbons (Fsp3) is 0.417. The van der Waals surface area contributed by atoms with E-state index >= 15 is 0 Å². The normalized spacial score (nSPS) is 13.8. The van der Waals surface area contributed by atoms with Crippen LogP contribution in [-0.2, 0) is 13.9 Å². The summed E-state index contributed by atoms with van der Waals surface area (Å²) in [6.45, 7) is 3.20. The van der Waals surface area contributed by atoms with Gasteiger partial charge in [-0.25, -0.2) is 4.57 Å². The Kier molecular flexibility index (Phi) is 5.23. The maximum atomic E-state index is 12.3. The summed E-state index contributed by atoms with van der Waals surface area (Å²) in [4.78, 5) is 10.9. The highest BCUT2D eigenvalue weighted by molar-refractivity contribution is 7.54. The third kappa shape index (κ3) is 5.05. The van der Waals surface area contributed by atoms with Crippen LogP contribution in [0.3, 0.4) is 0 Å². The molecule has 1 unspecified atom stereocenters. The average Bonchev–Trinajstić information content (AvgIpc) is 2.26. The number of carbonyl (C=O) groups is 1. The molecule has 94 valence electrons. The quantitative estimate of drug-likeness (QED) is 0.729. The fourth-order valence-electron chi connectivity index (χ4n) is 1.30. The minimum absolute atomic E-state index is 0.248. The summed E-state index contributed by atoms with van der Waals surface area (Å²) in [7, 11) is -3.36. The van der Waals surface area contributed by atoms with Crippen LogP contribution in [0.1, 0.15) is 26.7 Å². The molecule has 1 rings (SSSR count). The van der Waals surface area contributed by atoms with Gasteiger partial charge in [0.1, 0.15) is 5.75 Å². The Balaban J connectivity index is 2.76. The molecule has 5 heteroatoms. The van der Waals surface area contributed by atoms with Crippen molar-refractivity contribution in [3.8, 4) is 5.75 Å². The molecule has 0 amide bonds. The lowest BCUT2D eigenvalue weighted by Crippen LogP contribution is -2.06. The van der Waals surface area contributed by atoms with Gasteiger partial charge in [0.2, 0.25) is 0 Å². The fourth-order valence-corrected chi connectivity index (χ4v) is 3.06. The molecule has 1 atom stereocenters. The number of hydrogen-bond donors (Lipinski definition) is 0. The molecule has 4 nitrogen and oxygen atoms in total. The monoisotopic (exact) mass is 256 g/mol. The lowest BCUT2D eigenvalue weighted by atomic mass is 10.3. The highest BCUT2D eigenvalue weighted by atomic mass is 31.2. The Labute approximate surface area is 101 Å². The van der Waals surface area contributed by atoms with Crippen LogP contribution in [0.5, 0.6) is 5.75 Å². The summed E-state index contributed by atoms with van der Waals surface area (Å²) in [5, 5.41) is 0. The van der Waals surface area contributed by atoms with Crippen molar-refractivity contribution < 1.29 is 18.4 Å². The number of unbranched alkanes of at least 4 members (excludes halogenated alkanes) is 1. The molecular weight excluding hydrogens is 239 g/mol. The van der Waals surface area contributed by atoms with Crippen molar-refractivity contribution in [2.75, 3.05) is 6.16 Å². The van der Waals surface area contributed by atoms with Crippen LogP contribution in [0.25, 0.3) is 0 Å². The van der Waals surface area contributed by atoms with Crippen molar-refractivity contribution in [3.05, 3.63) is 30.3 Å². The summed E-state index contributed by atoms with van der Waals surface area (Å²) in [6, 6.07) is 8.74. The van der Waals surface area contributed by atoms with Crippen molar-refractivity contribution in [1.29, 1.82) is 0 Å². The summed E-state index contributed by atoms with van der Waals surface area (Å²) in [5.74, 6) is -0.131. The van der Waals surface area contributed by atoms with E-state index < -0.39 is 13.6 Å². The van der Waals surface area contributed by atoms with Crippen molar-refractivity contribution in [2.45, 2.75) is 26.7 Å². The van der Waals surface area contributed by atoms with Crippen molar-refractivity contribution >= 4 is 13.6 Å². The molecule has 0 aliphatic carbocycles. The number of hydrogen-bond acceptors (Lipinski definition) is 4. The van der Waals surface area contributed by atoms with E-state index in [1.165, 1.54) is 6.92 Å². The van der Waals surface area contributed by atoms with Crippen molar-refractivity contribution in [3.63, 3.8) is 0 Å². The van der Waals surface area contributed by atoms with Gasteiger partial charge >= 0.3 is 13.6 Å². The predicted octanol–water partition coefficient (Wildman–Crippen LogP) is 3.62. The number of benzene rings is 1. The molecule has 0 heterocycles. The van der Waals surface area contributed by atoms with Gasteiger partial charge < -0.3 is 9.05 Å². The zero-order valence-corrected chi connectivity index (χ0v) is 11.0. The van der Waals surface area contributed by atoms with Crippen molar-refractivity contribution in [2.24, 2.45) is 0 Å². The van der Waals surface area contributed by atoms with Gasteiger partial charge in [-0.15, -0.1) is 0 Å². The maximum absolute atomic E-state index is 12.3. The van der Waals surface area contributed by atoms with Crippen LogP contribution < -0.4 is 4.52 Å². The third-order valence-corrected chi connectivity index (χ3v) is 3.93. The Morgan fingerprint density at radius 1 is 1.29 bits per heavy atom. The Hall–Kier alpha value is -1.28. The van der Waals surface area contributed by atoms with Crippen LogP contribution in [0.4, 0.5) is 0 Å². The summed E-state index contributed by atoms with van der Waals surface area (Å²) < 4.78 is 22.5. The second-order valence-electron chi connectivity index (χ2n) is 3.68. The number of carbonyl (C=O) groups excluding carboxylic acids is 1. The first kappa shape index (κ1) is 13.8. The summed E-state index contributed by atoms with van der Waals surface area (Å²) in [6.07, 6.45) is 1.80. The lowest BCUT2D eigenvalue weighted by Gasteiger charge is -2.17. The van der Waals surface area contributed by atoms with Gasteiger partial charge in [0.15, 0.2) is 0 Å². The number of rotatable bonds is 6. The van der Waals surface area contributed by atoms with Gasteiger partial charge in [-0.1, -0.05) is 31.5 Å². The SMILES string of the molecule is CCCCP(=O)(OC(C)=O)Oc1ccccc1. The second-order valence-corrected chi connectivity index (χ2v) is 5.71. The topological polar surface area (TPSA) is 52.6 Å². The van der Waals surface area contributed by atoms with Crippen molar-refractivity contribution in [1.82, 2.24) is 0 Å². The van der Waals surface area contributed by atoms with E-state index in [0.29, 0.717) is 12.2 Å². The van der Waals surface area contributed by atoms with Gasteiger partial charge in [-0.05, 0) is 18.6 Å². The smallest absolute Gasteiger partial charge is 0.416 e. The van der Waals surface area contributed by atoms with Crippen LogP contribution >= 0.6 is 7.60 Å². The van der Waals surface area contributed by atoms with Gasteiger partial charge in [0, 0.05) is 6.92 Å². The Bertz CT molecular complexity index is 402. The first-order valence-corrected chi connectivity index (χ1v) is 7.32. The predicted molar refractivity (Wildman–Crippen MR) is 66.2 cm³/mol. The van der Waals surface area contributed by atoms with Gasteiger partial charge in [0.25, 0.3) is 0 Å². The van der Waals surface area contributed by atoms with Crippen LogP contribution in [0.15, 0.2) is 30.3 Å². The molecule has 1 aromatic rings. The molecule has 0 saturated heterocycles. The number of para-hydroxylation sites is 1. The Morgan fingerprint density at radius 3 is 2.47 bits per heavy atom. The zero-order valence-electron chi connectivity index (χ0n) is 10.1. The molecule has 0 bridgehead atoms. The van der Waals surface area contributed by atoms with E-state index in [1.54, 1.807) is 24.3 Å². The van der Waals surface area contributed by atoms with E-state index in [-0.39, 0.29) is 6.16 Å². The van der Waals surface area contributed by atoms with Gasteiger partial charge in [-0.2, -0.15) is 0 Å². The molecule has 0 saturated carbocycles. The zero-order chi connectivity index (χ0) is 12.7. The average molecular weight is 256 g/mol. The van der Waals surface area contributed by atoms with E-state index in [1.807, 2.05) is 13.0 Å². The largest absolute Gasteiger partial charge is 0.432 e. The minimum atomic E-state index is -3.36. The van der Waals surface area contributed by atoms with E-state index in [4.69, 9.17) is 9.05 Å². The van der Waals surface area contributed by atoms with Gasteiger partial charge in [-0.3, -0.25) is 4.79 Å². The molecular formula is C12H17O4P. The Morgan fingerprint density at radius 2 is 1.94 bits per heavy atom. The standard InChI is InChI=1S/C12H17O4P/c1-3-4-10-17(14,15-11(2)13)16-12-8-6-5-7-9-12/h5-9H,3-4,10H2,1-2H3. The minimum Gasteiger partial charge on any atom is -0.416 e. The molecule has 0 radical (unpaired) electrons. The van der Waals surface area contributed by atoms with Crippen LogP contribution in [0, 0.1) is 0 Å². The molecule has 1 aromatic carbocycles. The van der Waals surface area contributed by atoms with Crippen LogP contribution in [-0.4, -0.2) is 12.1 Å². The molecule has 0 aliphatic heterocycles. The summed E-state index contributed by atoms with van der Waals surface area (Å²) >= 11 is 0. The van der Waals surface area contributed by atoms with E-state index in [2.05, 4.69) is 0 Å². The van der Waals surface area contributed by atoms with Crippen LogP contribution in [0.2, 0.25) is 0 Å². The first-order valence-electron chi connectivity index (χ1n) is 5.59. The molecule has 0 aliphatic rings. The molecule has 17 heavy (non-hydrogen) atoms. The second kappa shape index (κ2) is 6.45. The van der Waals surface area contributed by atoms with E-state index in [9.17, 15) is 9.36 Å². The highest BCUT2D eigenvalue weighted by Gasteiger charge is 2.28.